The quantitative estimate of drug-likeness (QED) is 0.719. The Morgan fingerprint density at radius 1 is 1.04 bits per heavy atom. The van der Waals surface area contributed by atoms with E-state index >= 15 is 0 Å². The van der Waals surface area contributed by atoms with E-state index in [0.29, 0.717) is 28.0 Å². The van der Waals surface area contributed by atoms with Gasteiger partial charge >= 0.3 is 0 Å². The summed E-state index contributed by atoms with van der Waals surface area (Å²) in [4.78, 5) is 12.5. The largest absolute Gasteiger partial charge is 0.493 e. The van der Waals surface area contributed by atoms with E-state index in [-0.39, 0.29) is 16.9 Å². The van der Waals surface area contributed by atoms with Crippen molar-refractivity contribution in [3.8, 4) is 22.8 Å². The first-order valence-electron chi connectivity index (χ1n) is 6.88. The molecule has 0 amide bonds. The van der Waals surface area contributed by atoms with Crippen molar-refractivity contribution >= 4 is 16.7 Å². The number of ether oxygens (including phenoxy) is 2. The lowest BCUT2D eigenvalue weighted by Crippen LogP contribution is -2.10. The molecule has 23 heavy (non-hydrogen) atoms. The third-order valence-corrected chi connectivity index (χ3v) is 3.56. The lowest BCUT2D eigenvalue weighted by atomic mass is 10.1. The molecule has 0 unspecified atom stereocenters. The van der Waals surface area contributed by atoms with Crippen LogP contribution >= 0.6 is 0 Å². The van der Waals surface area contributed by atoms with E-state index in [4.69, 9.17) is 13.9 Å². The van der Waals surface area contributed by atoms with Gasteiger partial charge in [-0.25, -0.2) is 0 Å². The van der Waals surface area contributed by atoms with Gasteiger partial charge in [0.05, 0.1) is 19.6 Å². The van der Waals surface area contributed by atoms with Crippen LogP contribution in [0, 0.1) is 0 Å². The zero-order valence-corrected chi connectivity index (χ0v) is 12.6. The molecule has 1 heterocycles. The minimum absolute atomic E-state index is 0.0316. The highest BCUT2D eigenvalue weighted by molar-refractivity contribution is 5.86. The van der Waals surface area contributed by atoms with Gasteiger partial charge in [0.25, 0.3) is 0 Å². The summed E-state index contributed by atoms with van der Waals surface area (Å²) in [7, 11) is 3.05. The molecule has 0 aliphatic rings. The Labute approximate surface area is 131 Å². The standard InChI is InChI=1S/C17H15NO5/c1-21-13-8-7-10(9-14(13)22-2)17-15(18-20)16(19)11-5-3-4-6-12(11)23-17/h3-9,18,20H,1-2H3. The smallest absolute Gasteiger partial charge is 0.218 e. The van der Waals surface area contributed by atoms with Gasteiger partial charge in [0.15, 0.2) is 22.9 Å². The molecule has 2 aromatic carbocycles. The Morgan fingerprint density at radius 3 is 2.48 bits per heavy atom. The average molecular weight is 313 g/mol. The van der Waals surface area contributed by atoms with Gasteiger partial charge in [0.2, 0.25) is 5.43 Å². The summed E-state index contributed by atoms with van der Waals surface area (Å²) >= 11 is 0. The number of fused-ring (bicyclic) bond motifs is 1. The normalized spacial score (nSPS) is 10.6. The molecule has 3 rings (SSSR count). The fourth-order valence-corrected chi connectivity index (χ4v) is 2.42. The molecule has 0 saturated carbocycles. The van der Waals surface area contributed by atoms with Gasteiger partial charge in [-0.15, -0.1) is 0 Å². The highest BCUT2D eigenvalue weighted by atomic mass is 16.5. The third kappa shape index (κ3) is 2.49. The van der Waals surface area contributed by atoms with Gasteiger partial charge in [-0.05, 0) is 30.3 Å². The first-order chi connectivity index (χ1) is 11.2. The van der Waals surface area contributed by atoms with Crippen LogP contribution in [0.4, 0.5) is 5.69 Å². The maximum Gasteiger partial charge on any atom is 0.218 e. The summed E-state index contributed by atoms with van der Waals surface area (Å²) < 4.78 is 16.3. The van der Waals surface area contributed by atoms with Crippen LogP contribution in [-0.2, 0) is 0 Å². The number of para-hydroxylation sites is 1. The van der Waals surface area contributed by atoms with E-state index in [1.54, 1.807) is 42.5 Å². The van der Waals surface area contributed by atoms with Crippen LogP contribution in [0.5, 0.6) is 11.5 Å². The van der Waals surface area contributed by atoms with E-state index in [9.17, 15) is 10.0 Å². The molecule has 6 heteroatoms. The van der Waals surface area contributed by atoms with E-state index in [1.165, 1.54) is 14.2 Å². The molecule has 0 saturated heterocycles. The van der Waals surface area contributed by atoms with Crippen molar-refractivity contribution in [2.24, 2.45) is 0 Å². The van der Waals surface area contributed by atoms with Crippen LogP contribution in [-0.4, -0.2) is 19.4 Å². The van der Waals surface area contributed by atoms with E-state index in [0.717, 1.165) is 0 Å². The average Bonchev–Trinajstić information content (AvgIpc) is 2.61. The summed E-state index contributed by atoms with van der Waals surface area (Å²) in [6.45, 7) is 0. The van der Waals surface area contributed by atoms with Crippen LogP contribution in [0.2, 0.25) is 0 Å². The van der Waals surface area contributed by atoms with Crippen molar-refractivity contribution in [3.63, 3.8) is 0 Å². The SMILES string of the molecule is COc1ccc(-c2oc3ccccc3c(=O)c2NO)cc1OC. The third-order valence-electron chi connectivity index (χ3n) is 3.56. The molecule has 118 valence electrons. The van der Waals surface area contributed by atoms with Crippen LogP contribution in [0.25, 0.3) is 22.3 Å². The number of hydrogen-bond donors (Lipinski definition) is 2. The minimum Gasteiger partial charge on any atom is -0.493 e. The van der Waals surface area contributed by atoms with E-state index in [1.807, 2.05) is 5.48 Å². The maximum absolute atomic E-state index is 12.5. The van der Waals surface area contributed by atoms with Crippen molar-refractivity contribution in [2.75, 3.05) is 19.7 Å². The predicted molar refractivity (Wildman–Crippen MR) is 86.4 cm³/mol. The predicted octanol–water partition coefficient (Wildman–Crippen LogP) is 3.28. The Balaban J connectivity index is 2.29. The molecule has 0 radical (unpaired) electrons. The fourth-order valence-electron chi connectivity index (χ4n) is 2.42. The van der Waals surface area contributed by atoms with Gasteiger partial charge in [-0.3, -0.25) is 15.5 Å². The summed E-state index contributed by atoms with van der Waals surface area (Å²) in [6, 6.07) is 11.9. The second kappa shape index (κ2) is 6.02. The van der Waals surface area contributed by atoms with Gasteiger partial charge in [0, 0.05) is 5.56 Å². The van der Waals surface area contributed by atoms with Gasteiger partial charge < -0.3 is 13.9 Å². The summed E-state index contributed by atoms with van der Waals surface area (Å²) in [6.07, 6.45) is 0. The molecule has 0 spiro atoms. The number of anilines is 1. The second-order valence-corrected chi connectivity index (χ2v) is 4.81. The first-order valence-corrected chi connectivity index (χ1v) is 6.88. The zero-order valence-electron chi connectivity index (χ0n) is 12.6. The number of methoxy groups -OCH3 is 2. The van der Waals surface area contributed by atoms with Crippen molar-refractivity contribution in [1.82, 2.24) is 0 Å². The Hall–Kier alpha value is -2.99. The molecule has 3 aromatic rings. The first kappa shape index (κ1) is 14.9. The highest BCUT2D eigenvalue weighted by Crippen LogP contribution is 2.35. The minimum atomic E-state index is -0.348. The van der Waals surface area contributed by atoms with Crippen LogP contribution in [0.3, 0.4) is 0 Å². The Bertz CT molecular complexity index is 916. The molecule has 0 atom stereocenters. The van der Waals surface area contributed by atoms with E-state index in [2.05, 4.69) is 0 Å². The summed E-state index contributed by atoms with van der Waals surface area (Å²) in [5.41, 5.74) is 2.57. The Morgan fingerprint density at radius 2 is 1.78 bits per heavy atom. The molecule has 0 fully saturated rings. The monoisotopic (exact) mass is 313 g/mol. The van der Waals surface area contributed by atoms with Crippen molar-refractivity contribution in [1.29, 1.82) is 0 Å². The lowest BCUT2D eigenvalue weighted by molar-refractivity contribution is 0.355. The van der Waals surface area contributed by atoms with Gasteiger partial charge in [-0.2, -0.15) is 0 Å². The van der Waals surface area contributed by atoms with Gasteiger partial charge in [-0.1, -0.05) is 12.1 Å². The van der Waals surface area contributed by atoms with Crippen molar-refractivity contribution in [2.45, 2.75) is 0 Å². The molecule has 0 aliphatic heterocycles. The maximum atomic E-state index is 12.5. The second-order valence-electron chi connectivity index (χ2n) is 4.81. The fraction of sp³-hybridized carbons (Fsp3) is 0.118. The van der Waals surface area contributed by atoms with Crippen LogP contribution in [0.1, 0.15) is 0 Å². The Kier molecular flexibility index (Phi) is 3.91. The number of benzene rings is 2. The number of nitrogens with one attached hydrogen (secondary N) is 1. The molecular formula is C17H15NO5. The molecular weight excluding hydrogens is 298 g/mol. The molecule has 6 nitrogen and oxygen atoms in total. The molecule has 0 aliphatic carbocycles. The molecule has 0 bridgehead atoms. The van der Waals surface area contributed by atoms with Gasteiger partial charge in [0.1, 0.15) is 5.58 Å². The topological polar surface area (TPSA) is 80.9 Å². The van der Waals surface area contributed by atoms with Crippen molar-refractivity contribution < 1.29 is 19.1 Å². The molecule has 1 aromatic heterocycles. The summed E-state index contributed by atoms with van der Waals surface area (Å²) in [5.74, 6) is 1.26. The van der Waals surface area contributed by atoms with E-state index < -0.39 is 0 Å². The lowest BCUT2D eigenvalue weighted by Gasteiger charge is -2.12. The summed E-state index contributed by atoms with van der Waals surface area (Å²) in [5, 5.41) is 9.76. The van der Waals surface area contributed by atoms with Crippen LogP contribution in [0.15, 0.2) is 51.7 Å². The zero-order chi connectivity index (χ0) is 16.4. The number of rotatable bonds is 4. The highest BCUT2D eigenvalue weighted by Gasteiger charge is 2.17. The molecule has 2 N–H and O–H groups in total. The van der Waals surface area contributed by atoms with Crippen molar-refractivity contribution in [3.05, 3.63) is 52.7 Å². The van der Waals surface area contributed by atoms with Crippen LogP contribution < -0.4 is 20.4 Å². The number of hydrogen-bond acceptors (Lipinski definition) is 6.